The molecule has 2 heterocycles. The molecule has 0 spiro atoms. The molecular formula is C17H23N3O. The Balaban J connectivity index is 1.52. The Labute approximate surface area is 126 Å². The molecule has 1 aromatic heterocycles. The summed E-state index contributed by atoms with van der Waals surface area (Å²) in [6.45, 7) is 8.05. The average molecular weight is 285 g/mol. The molecule has 0 bridgehead atoms. The van der Waals surface area contributed by atoms with Crippen molar-refractivity contribution in [1.82, 2.24) is 15.2 Å². The molecule has 2 aromatic rings. The number of benzene rings is 1. The number of ether oxygens (including phenoxy) is 1. The smallest absolute Gasteiger partial charge is 0.0826 e. The molecule has 1 atom stereocenters. The van der Waals surface area contributed by atoms with E-state index in [2.05, 4.69) is 46.4 Å². The molecule has 112 valence electrons. The van der Waals surface area contributed by atoms with Gasteiger partial charge in [0.1, 0.15) is 0 Å². The maximum Gasteiger partial charge on any atom is 0.0826 e. The number of hydrogen-bond acceptors (Lipinski definition) is 4. The van der Waals surface area contributed by atoms with Crippen LogP contribution in [0.2, 0.25) is 0 Å². The lowest BCUT2D eigenvalue weighted by molar-refractivity contribution is -0.0253. The summed E-state index contributed by atoms with van der Waals surface area (Å²) in [4.78, 5) is 6.59. The molecule has 1 fully saturated rings. The number of nitrogens with one attached hydrogen (secondary N) is 1. The standard InChI is InChI=1S/C17H23N3O/c1-2-20-7-8-21-17(13-20)12-19-10-14-3-4-16-11-18-6-5-15(16)9-14/h3-6,9,11,17,19H,2,7-8,10,12-13H2,1H3. The number of nitrogens with zero attached hydrogens (tertiary/aromatic N) is 2. The number of likely N-dealkylation sites (N-methyl/N-ethyl adjacent to an activating group) is 1. The van der Waals surface area contributed by atoms with Gasteiger partial charge in [0.05, 0.1) is 12.7 Å². The Morgan fingerprint density at radius 1 is 1.33 bits per heavy atom. The van der Waals surface area contributed by atoms with Crippen LogP contribution in [0, 0.1) is 0 Å². The van der Waals surface area contributed by atoms with Crippen molar-refractivity contribution in [3.63, 3.8) is 0 Å². The molecule has 1 aliphatic rings. The fourth-order valence-corrected chi connectivity index (χ4v) is 2.81. The van der Waals surface area contributed by atoms with E-state index in [9.17, 15) is 0 Å². The van der Waals surface area contributed by atoms with Crippen LogP contribution in [0.25, 0.3) is 10.8 Å². The van der Waals surface area contributed by atoms with E-state index in [-0.39, 0.29) is 0 Å². The van der Waals surface area contributed by atoms with Gasteiger partial charge >= 0.3 is 0 Å². The first kappa shape index (κ1) is 14.4. The molecule has 1 N–H and O–H groups in total. The number of hydrogen-bond donors (Lipinski definition) is 1. The second-order valence-electron chi connectivity index (χ2n) is 5.57. The van der Waals surface area contributed by atoms with Gasteiger partial charge in [0, 0.05) is 44.0 Å². The topological polar surface area (TPSA) is 37.4 Å². The van der Waals surface area contributed by atoms with Gasteiger partial charge in [0.2, 0.25) is 0 Å². The molecule has 1 aromatic carbocycles. The lowest BCUT2D eigenvalue weighted by Gasteiger charge is -2.32. The molecule has 1 aliphatic heterocycles. The summed E-state index contributed by atoms with van der Waals surface area (Å²) >= 11 is 0. The number of aromatic nitrogens is 1. The van der Waals surface area contributed by atoms with Crippen molar-refractivity contribution in [1.29, 1.82) is 0 Å². The zero-order valence-electron chi connectivity index (χ0n) is 12.6. The fourth-order valence-electron chi connectivity index (χ4n) is 2.81. The minimum absolute atomic E-state index is 0.309. The average Bonchev–Trinajstić information content (AvgIpc) is 2.55. The van der Waals surface area contributed by atoms with Crippen molar-refractivity contribution < 1.29 is 4.74 Å². The molecule has 0 saturated carbocycles. The summed E-state index contributed by atoms with van der Waals surface area (Å²) in [5, 5.41) is 5.95. The molecule has 1 unspecified atom stereocenters. The Kier molecular flexibility index (Phi) is 4.80. The largest absolute Gasteiger partial charge is 0.374 e. The number of morpholine rings is 1. The van der Waals surface area contributed by atoms with Crippen molar-refractivity contribution in [3.05, 3.63) is 42.2 Å². The minimum Gasteiger partial charge on any atom is -0.374 e. The van der Waals surface area contributed by atoms with E-state index < -0.39 is 0 Å². The predicted molar refractivity (Wildman–Crippen MR) is 85.3 cm³/mol. The summed E-state index contributed by atoms with van der Waals surface area (Å²) in [7, 11) is 0. The third-order valence-electron chi connectivity index (χ3n) is 4.08. The zero-order chi connectivity index (χ0) is 14.5. The second kappa shape index (κ2) is 6.98. The quantitative estimate of drug-likeness (QED) is 0.912. The first-order chi connectivity index (χ1) is 10.3. The molecule has 0 radical (unpaired) electrons. The third-order valence-corrected chi connectivity index (χ3v) is 4.08. The van der Waals surface area contributed by atoms with Gasteiger partial charge in [-0.15, -0.1) is 0 Å². The van der Waals surface area contributed by atoms with Crippen LogP contribution in [0.3, 0.4) is 0 Å². The molecule has 3 rings (SSSR count). The maximum atomic E-state index is 5.81. The molecule has 21 heavy (non-hydrogen) atoms. The predicted octanol–water partition coefficient (Wildman–Crippen LogP) is 2.05. The fraction of sp³-hybridized carbons (Fsp3) is 0.471. The van der Waals surface area contributed by atoms with E-state index >= 15 is 0 Å². The Bertz CT molecular complexity index is 587. The van der Waals surface area contributed by atoms with E-state index in [0.717, 1.165) is 39.3 Å². The first-order valence-electron chi connectivity index (χ1n) is 7.72. The highest BCUT2D eigenvalue weighted by Crippen LogP contribution is 2.14. The highest BCUT2D eigenvalue weighted by Gasteiger charge is 2.18. The van der Waals surface area contributed by atoms with Gasteiger partial charge in [-0.1, -0.05) is 19.1 Å². The van der Waals surface area contributed by atoms with E-state index in [1.807, 2.05) is 12.4 Å². The highest BCUT2D eigenvalue weighted by molar-refractivity contribution is 5.81. The van der Waals surface area contributed by atoms with Crippen molar-refractivity contribution in [2.45, 2.75) is 19.6 Å². The van der Waals surface area contributed by atoms with Crippen LogP contribution in [0.15, 0.2) is 36.7 Å². The van der Waals surface area contributed by atoms with Crippen molar-refractivity contribution in [3.8, 4) is 0 Å². The number of pyridine rings is 1. The minimum atomic E-state index is 0.309. The third kappa shape index (κ3) is 3.79. The van der Waals surface area contributed by atoms with Crippen LogP contribution in [0.4, 0.5) is 0 Å². The van der Waals surface area contributed by atoms with Crippen LogP contribution in [-0.2, 0) is 11.3 Å². The lowest BCUT2D eigenvalue weighted by atomic mass is 10.1. The van der Waals surface area contributed by atoms with E-state index in [4.69, 9.17) is 4.74 Å². The molecule has 1 saturated heterocycles. The van der Waals surface area contributed by atoms with E-state index in [1.54, 1.807) is 0 Å². The van der Waals surface area contributed by atoms with Gasteiger partial charge in [-0.05, 0) is 29.6 Å². The molecule has 0 aliphatic carbocycles. The van der Waals surface area contributed by atoms with Crippen LogP contribution in [-0.4, -0.2) is 48.8 Å². The van der Waals surface area contributed by atoms with Crippen LogP contribution in [0.5, 0.6) is 0 Å². The van der Waals surface area contributed by atoms with Gasteiger partial charge in [0.25, 0.3) is 0 Å². The molecule has 4 heteroatoms. The van der Waals surface area contributed by atoms with Gasteiger partial charge < -0.3 is 10.1 Å². The first-order valence-corrected chi connectivity index (χ1v) is 7.72. The van der Waals surface area contributed by atoms with Crippen molar-refractivity contribution in [2.24, 2.45) is 0 Å². The Morgan fingerprint density at radius 3 is 3.19 bits per heavy atom. The monoisotopic (exact) mass is 285 g/mol. The number of fused-ring (bicyclic) bond motifs is 1. The Hall–Kier alpha value is -1.49. The maximum absolute atomic E-state index is 5.81. The summed E-state index contributed by atoms with van der Waals surface area (Å²) in [5.74, 6) is 0. The summed E-state index contributed by atoms with van der Waals surface area (Å²) < 4.78 is 5.81. The SMILES string of the molecule is CCN1CCOC(CNCc2ccc3cnccc3c2)C1. The van der Waals surface area contributed by atoms with Gasteiger partial charge in [-0.25, -0.2) is 0 Å². The van der Waals surface area contributed by atoms with Crippen molar-refractivity contribution in [2.75, 3.05) is 32.8 Å². The number of rotatable bonds is 5. The molecule has 4 nitrogen and oxygen atoms in total. The van der Waals surface area contributed by atoms with Crippen molar-refractivity contribution >= 4 is 10.8 Å². The lowest BCUT2D eigenvalue weighted by Crippen LogP contribution is -2.46. The highest BCUT2D eigenvalue weighted by atomic mass is 16.5. The van der Waals surface area contributed by atoms with Crippen LogP contribution >= 0.6 is 0 Å². The van der Waals surface area contributed by atoms with Crippen LogP contribution in [0.1, 0.15) is 12.5 Å². The molecule has 0 amide bonds. The van der Waals surface area contributed by atoms with E-state index in [1.165, 1.54) is 16.3 Å². The second-order valence-corrected chi connectivity index (χ2v) is 5.57. The van der Waals surface area contributed by atoms with Gasteiger partial charge in [0.15, 0.2) is 0 Å². The van der Waals surface area contributed by atoms with Crippen LogP contribution < -0.4 is 5.32 Å². The van der Waals surface area contributed by atoms with Gasteiger partial charge in [-0.3, -0.25) is 9.88 Å². The summed E-state index contributed by atoms with van der Waals surface area (Å²) in [6, 6.07) is 8.58. The van der Waals surface area contributed by atoms with Gasteiger partial charge in [-0.2, -0.15) is 0 Å². The molecular weight excluding hydrogens is 262 g/mol. The summed E-state index contributed by atoms with van der Waals surface area (Å²) in [6.07, 6.45) is 4.06. The normalized spacial score (nSPS) is 20.0. The summed E-state index contributed by atoms with van der Waals surface area (Å²) in [5.41, 5.74) is 1.30. The Morgan fingerprint density at radius 2 is 2.29 bits per heavy atom. The zero-order valence-corrected chi connectivity index (χ0v) is 12.6. The van der Waals surface area contributed by atoms with E-state index in [0.29, 0.717) is 6.10 Å².